The van der Waals surface area contributed by atoms with E-state index in [0.29, 0.717) is 0 Å². The van der Waals surface area contributed by atoms with Crippen molar-refractivity contribution in [1.82, 2.24) is 0 Å². The van der Waals surface area contributed by atoms with Gasteiger partial charge in [-0.1, -0.05) is 0 Å². The number of phenols is 1. The molecule has 0 aliphatic rings. The number of phenolic OH excluding ortho intramolecular Hbond substituents is 1. The summed E-state index contributed by atoms with van der Waals surface area (Å²) >= 11 is 0. The van der Waals surface area contributed by atoms with Crippen LogP contribution in [0.2, 0.25) is 0 Å². The molecule has 0 aliphatic heterocycles. The third-order valence-electron chi connectivity index (χ3n) is 1.77. The fourth-order valence-electron chi connectivity index (χ4n) is 1.08. The summed E-state index contributed by atoms with van der Waals surface area (Å²) in [6, 6.07) is 2.59. The maximum Gasteiger partial charge on any atom is 0.275 e. The van der Waals surface area contributed by atoms with Crippen molar-refractivity contribution in [3.63, 3.8) is 0 Å². The predicted octanol–water partition coefficient (Wildman–Crippen LogP) is 1.60. The molecule has 0 radical (unpaired) electrons. The van der Waals surface area contributed by atoms with Gasteiger partial charge in [-0.25, -0.2) is 8.78 Å². The molecule has 1 unspecified atom stereocenters. The average Bonchev–Trinajstić information content (AvgIpc) is 2.15. The van der Waals surface area contributed by atoms with Crippen molar-refractivity contribution >= 4 is 5.69 Å². The summed E-state index contributed by atoms with van der Waals surface area (Å²) in [5, 5.41) is 28.4. The van der Waals surface area contributed by atoms with E-state index in [2.05, 4.69) is 0 Å². The highest BCUT2D eigenvalue weighted by Gasteiger charge is 2.27. The van der Waals surface area contributed by atoms with Crippen molar-refractivity contribution in [3.8, 4) is 5.75 Å². The first-order valence-corrected chi connectivity index (χ1v) is 3.87. The van der Waals surface area contributed by atoms with Crippen LogP contribution in [0.1, 0.15) is 11.7 Å². The van der Waals surface area contributed by atoms with Crippen molar-refractivity contribution < 1.29 is 23.9 Å². The van der Waals surface area contributed by atoms with Gasteiger partial charge in [-0.3, -0.25) is 10.1 Å². The molecule has 1 aromatic rings. The van der Waals surface area contributed by atoms with E-state index in [0.717, 1.165) is 18.2 Å². The van der Waals surface area contributed by atoms with Crippen LogP contribution in [-0.2, 0) is 0 Å². The number of rotatable bonds is 3. The van der Waals surface area contributed by atoms with Gasteiger partial charge < -0.3 is 10.2 Å². The first-order valence-electron chi connectivity index (χ1n) is 3.87. The minimum Gasteiger partial charge on any atom is -0.508 e. The van der Waals surface area contributed by atoms with Crippen LogP contribution >= 0.6 is 0 Å². The lowest BCUT2D eigenvalue weighted by molar-refractivity contribution is -0.386. The Morgan fingerprint density at radius 2 is 2.00 bits per heavy atom. The number of hydrogen-bond acceptors (Lipinski definition) is 4. The first-order chi connectivity index (χ1) is 6.93. The molecule has 0 saturated heterocycles. The Morgan fingerprint density at radius 1 is 1.40 bits per heavy atom. The zero-order valence-corrected chi connectivity index (χ0v) is 7.30. The smallest absolute Gasteiger partial charge is 0.275 e. The number of nitro benzene ring substituents is 1. The Kier molecular flexibility index (Phi) is 3.15. The highest BCUT2D eigenvalue weighted by Crippen LogP contribution is 2.31. The molecule has 0 aromatic heterocycles. The van der Waals surface area contributed by atoms with Crippen LogP contribution < -0.4 is 0 Å². The summed E-state index contributed by atoms with van der Waals surface area (Å²) in [6.07, 6.45) is -5.43. The van der Waals surface area contributed by atoms with Crippen LogP contribution in [0.3, 0.4) is 0 Å². The van der Waals surface area contributed by atoms with E-state index in [9.17, 15) is 18.9 Å². The van der Waals surface area contributed by atoms with E-state index in [-0.39, 0.29) is 0 Å². The first kappa shape index (κ1) is 11.3. The number of nitrogens with zero attached hydrogens (tertiary/aromatic N) is 1. The summed E-state index contributed by atoms with van der Waals surface area (Å²) in [5.74, 6) is -0.421. The number of halogens is 2. The van der Waals surface area contributed by atoms with Crippen molar-refractivity contribution in [2.24, 2.45) is 0 Å². The molecule has 0 fully saturated rings. The van der Waals surface area contributed by atoms with Gasteiger partial charge in [0.05, 0.1) is 10.5 Å². The highest BCUT2D eigenvalue weighted by atomic mass is 19.3. The van der Waals surface area contributed by atoms with Gasteiger partial charge in [-0.15, -0.1) is 0 Å². The molecule has 82 valence electrons. The Hall–Kier alpha value is -1.76. The fourth-order valence-corrected chi connectivity index (χ4v) is 1.08. The molecule has 0 amide bonds. The number of hydrogen-bond donors (Lipinski definition) is 2. The van der Waals surface area contributed by atoms with Crippen molar-refractivity contribution in [2.75, 3.05) is 0 Å². The lowest BCUT2D eigenvalue weighted by Crippen LogP contribution is -2.10. The molecule has 0 spiro atoms. The van der Waals surface area contributed by atoms with Gasteiger partial charge in [0, 0.05) is 6.07 Å². The van der Waals surface area contributed by atoms with Crippen LogP contribution in [0.15, 0.2) is 18.2 Å². The summed E-state index contributed by atoms with van der Waals surface area (Å²) < 4.78 is 24.3. The predicted molar refractivity (Wildman–Crippen MR) is 45.7 cm³/mol. The van der Waals surface area contributed by atoms with Gasteiger partial charge in [-0.2, -0.15) is 0 Å². The lowest BCUT2D eigenvalue weighted by Gasteiger charge is -2.10. The maximum atomic E-state index is 12.1. The monoisotopic (exact) mass is 219 g/mol. The number of aromatic hydroxyl groups is 1. The lowest BCUT2D eigenvalue weighted by atomic mass is 10.1. The van der Waals surface area contributed by atoms with Crippen LogP contribution in [0.4, 0.5) is 14.5 Å². The average molecular weight is 219 g/mol. The van der Waals surface area contributed by atoms with Gasteiger partial charge in [0.15, 0.2) is 0 Å². The van der Waals surface area contributed by atoms with E-state index in [1.807, 2.05) is 0 Å². The number of aliphatic hydroxyl groups excluding tert-OH is 1. The number of benzene rings is 1. The minimum absolute atomic E-state index is 0.421. The van der Waals surface area contributed by atoms with Crippen LogP contribution in [0.5, 0.6) is 5.75 Å². The summed E-state index contributed by atoms with van der Waals surface area (Å²) in [6.45, 7) is 0. The van der Waals surface area contributed by atoms with Crippen LogP contribution in [-0.4, -0.2) is 21.6 Å². The third kappa shape index (κ3) is 2.38. The molecule has 1 aromatic carbocycles. The summed E-state index contributed by atoms with van der Waals surface area (Å²) in [5.41, 5.74) is -1.25. The van der Waals surface area contributed by atoms with Crippen LogP contribution in [0.25, 0.3) is 0 Å². The second kappa shape index (κ2) is 4.18. The van der Waals surface area contributed by atoms with Crippen molar-refractivity contribution in [3.05, 3.63) is 33.9 Å². The molecule has 5 nitrogen and oxygen atoms in total. The summed E-state index contributed by atoms with van der Waals surface area (Å²) in [7, 11) is 0. The Morgan fingerprint density at radius 3 is 2.47 bits per heavy atom. The molecule has 1 atom stereocenters. The molecular weight excluding hydrogens is 212 g/mol. The second-order valence-corrected chi connectivity index (χ2v) is 2.78. The zero-order valence-electron chi connectivity index (χ0n) is 7.30. The van der Waals surface area contributed by atoms with Crippen LogP contribution in [0, 0.1) is 10.1 Å². The third-order valence-corrected chi connectivity index (χ3v) is 1.77. The standard InChI is InChI=1S/C8H7F2NO4/c9-8(10)7(13)5-3-4(12)1-2-6(5)11(14)15/h1-3,7-8,12-13H. The van der Waals surface area contributed by atoms with E-state index in [1.54, 1.807) is 0 Å². The molecule has 1 rings (SSSR count). The van der Waals surface area contributed by atoms with E-state index in [4.69, 9.17) is 10.2 Å². The van der Waals surface area contributed by atoms with Gasteiger partial charge in [0.1, 0.15) is 11.9 Å². The fraction of sp³-hybridized carbons (Fsp3) is 0.250. The number of alkyl halides is 2. The molecule has 0 aliphatic carbocycles. The molecule has 0 heterocycles. The SMILES string of the molecule is O=[N+]([O-])c1ccc(O)cc1C(O)C(F)F. The van der Waals surface area contributed by atoms with E-state index < -0.39 is 34.5 Å². The molecule has 2 N–H and O–H groups in total. The van der Waals surface area contributed by atoms with Gasteiger partial charge in [0.25, 0.3) is 12.1 Å². The highest BCUT2D eigenvalue weighted by molar-refractivity contribution is 5.46. The number of nitro groups is 1. The second-order valence-electron chi connectivity index (χ2n) is 2.78. The summed E-state index contributed by atoms with van der Waals surface area (Å²) in [4.78, 5) is 9.53. The van der Waals surface area contributed by atoms with Gasteiger partial charge in [0.2, 0.25) is 0 Å². The Labute approximate surface area is 82.7 Å². The van der Waals surface area contributed by atoms with E-state index in [1.165, 1.54) is 0 Å². The van der Waals surface area contributed by atoms with E-state index >= 15 is 0 Å². The molecule has 15 heavy (non-hydrogen) atoms. The quantitative estimate of drug-likeness (QED) is 0.597. The Bertz CT molecular complexity index is 383. The topological polar surface area (TPSA) is 83.6 Å². The molecule has 7 heteroatoms. The molecular formula is C8H7F2NO4. The minimum atomic E-state index is -3.15. The van der Waals surface area contributed by atoms with Gasteiger partial charge in [-0.05, 0) is 12.1 Å². The van der Waals surface area contributed by atoms with Crippen molar-refractivity contribution in [2.45, 2.75) is 12.5 Å². The zero-order chi connectivity index (χ0) is 11.6. The van der Waals surface area contributed by atoms with Gasteiger partial charge >= 0.3 is 0 Å². The van der Waals surface area contributed by atoms with Crippen molar-refractivity contribution in [1.29, 1.82) is 0 Å². The molecule has 0 bridgehead atoms. The largest absolute Gasteiger partial charge is 0.508 e. The maximum absolute atomic E-state index is 12.1. The normalized spacial score (nSPS) is 12.8. The number of aliphatic hydroxyl groups is 1. The Balaban J connectivity index is 3.24. The molecule has 0 saturated carbocycles.